The van der Waals surface area contributed by atoms with E-state index in [1.807, 2.05) is 17.1 Å². The summed E-state index contributed by atoms with van der Waals surface area (Å²) >= 11 is 0. The lowest BCUT2D eigenvalue weighted by Crippen LogP contribution is -2.05. The number of aromatic nitrogens is 4. The molecule has 3 rings (SSSR count). The van der Waals surface area contributed by atoms with Gasteiger partial charge in [-0.15, -0.1) is 0 Å². The van der Waals surface area contributed by atoms with E-state index in [2.05, 4.69) is 35.3 Å². The van der Waals surface area contributed by atoms with Crippen molar-refractivity contribution in [1.29, 1.82) is 0 Å². The van der Waals surface area contributed by atoms with Gasteiger partial charge in [0, 0.05) is 37.0 Å². The standard InChI is InChI=1S/C16H23N5/c1-3-7-17-15-9-14(12-5-6-12)19-16(20-15)13-10-18-21(11-13)8-4-2/h9-12H,3-8H2,1-2H3,(H,17,19,20). The van der Waals surface area contributed by atoms with E-state index in [-0.39, 0.29) is 0 Å². The minimum Gasteiger partial charge on any atom is -0.370 e. The number of rotatable bonds is 7. The lowest BCUT2D eigenvalue weighted by atomic mass is 10.2. The highest BCUT2D eigenvalue weighted by Gasteiger charge is 2.26. The van der Waals surface area contributed by atoms with Gasteiger partial charge in [0.15, 0.2) is 5.82 Å². The van der Waals surface area contributed by atoms with Crippen LogP contribution < -0.4 is 5.32 Å². The molecule has 0 radical (unpaired) electrons. The third-order valence-electron chi connectivity index (χ3n) is 3.64. The first kappa shape index (κ1) is 14.0. The average molecular weight is 285 g/mol. The Kier molecular flexibility index (Phi) is 4.18. The van der Waals surface area contributed by atoms with Crippen LogP contribution in [0.1, 0.15) is 51.1 Å². The lowest BCUT2D eigenvalue weighted by Gasteiger charge is -2.08. The van der Waals surface area contributed by atoms with Gasteiger partial charge < -0.3 is 5.32 Å². The first-order chi connectivity index (χ1) is 10.3. The zero-order chi connectivity index (χ0) is 14.7. The van der Waals surface area contributed by atoms with Gasteiger partial charge in [0.25, 0.3) is 0 Å². The van der Waals surface area contributed by atoms with Crippen LogP contribution in [0.2, 0.25) is 0 Å². The van der Waals surface area contributed by atoms with Crippen molar-refractivity contribution in [3.63, 3.8) is 0 Å². The van der Waals surface area contributed by atoms with Crippen LogP contribution in [-0.2, 0) is 6.54 Å². The number of anilines is 1. The number of hydrogen-bond acceptors (Lipinski definition) is 4. The SMILES string of the molecule is CCCNc1cc(C2CC2)nc(-c2cnn(CCC)c2)n1. The molecule has 2 heterocycles. The van der Waals surface area contributed by atoms with Crippen LogP contribution in [0.4, 0.5) is 5.82 Å². The second kappa shape index (κ2) is 6.24. The lowest BCUT2D eigenvalue weighted by molar-refractivity contribution is 0.603. The summed E-state index contributed by atoms with van der Waals surface area (Å²) in [6.07, 6.45) is 8.57. The normalized spacial score (nSPS) is 14.4. The number of nitrogens with zero attached hydrogens (tertiary/aromatic N) is 4. The molecule has 0 saturated heterocycles. The van der Waals surface area contributed by atoms with Crippen LogP contribution in [0.3, 0.4) is 0 Å². The van der Waals surface area contributed by atoms with E-state index in [0.717, 1.165) is 43.1 Å². The molecule has 1 N–H and O–H groups in total. The van der Waals surface area contributed by atoms with Crippen LogP contribution in [-0.4, -0.2) is 26.3 Å². The summed E-state index contributed by atoms with van der Waals surface area (Å²) in [5.41, 5.74) is 2.17. The summed E-state index contributed by atoms with van der Waals surface area (Å²) in [4.78, 5) is 9.39. The molecular weight excluding hydrogens is 262 g/mol. The van der Waals surface area contributed by atoms with Gasteiger partial charge in [-0.2, -0.15) is 5.10 Å². The highest BCUT2D eigenvalue weighted by atomic mass is 15.3. The molecule has 21 heavy (non-hydrogen) atoms. The summed E-state index contributed by atoms with van der Waals surface area (Å²) in [6, 6.07) is 2.10. The summed E-state index contributed by atoms with van der Waals surface area (Å²) in [7, 11) is 0. The zero-order valence-corrected chi connectivity index (χ0v) is 12.8. The van der Waals surface area contributed by atoms with Gasteiger partial charge in [0.05, 0.1) is 11.8 Å². The van der Waals surface area contributed by atoms with Crippen LogP contribution in [0.25, 0.3) is 11.4 Å². The molecule has 5 heteroatoms. The maximum atomic E-state index is 4.74. The summed E-state index contributed by atoms with van der Waals surface area (Å²) in [6.45, 7) is 6.18. The third kappa shape index (κ3) is 3.40. The molecule has 1 saturated carbocycles. The fraction of sp³-hybridized carbons (Fsp3) is 0.562. The highest BCUT2D eigenvalue weighted by molar-refractivity contribution is 5.56. The van der Waals surface area contributed by atoms with Crippen LogP contribution in [0.5, 0.6) is 0 Å². The molecule has 2 aromatic heterocycles. The molecule has 112 valence electrons. The molecule has 1 aliphatic rings. The van der Waals surface area contributed by atoms with Crippen molar-refractivity contribution in [3.05, 3.63) is 24.2 Å². The van der Waals surface area contributed by atoms with Crippen LogP contribution in [0, 0.1) is 0 Å². The molecule has 0 aromatic carbocycles. The Balaban J connectivity index is 1.89. The first-order valence-corrected chi connectivity index (χ1v) is 7.95. The van der Waals surface area contributed by atoms with Crippen LogP contribution in [0.15, 0.2) is 18.5 Å². The molecule has 0 spiro atoms. The zero-order valence-electron chi connectivity index (χ0n) is 12.8. The molecule has 1 fully saturated rings. The number of aryl methyl sites for hydroxylation is 1. The predicted octanol–water partition coefficient (Wildman–Crippen LogP) is 3.45. The molecule has 2 aromatic rings. The Morgan fingerprint density at radius 1 is 1.24 bits per heavy atom. The average Bonchev–Trinajstić information content (AvgIpc) is 3.25. The van der Waals surface area contributed by atoms with E-state index in [4.69, 9.17) is 4.98 Å². The van der Waals surface area contributed by atoms with E-state index in [0.29, 0.717) is 5.92 Å². The molecule has 0 amide bonds. The van der Waals surface area contributed by atoms with Gasteiger partial charge in [-0.3, -0.25) is 4.68 Å². The number of hydrogen-bond donors (Lipinski definition) is 1. The Bertz CT molecular complexity index is 600. The Morgan fingerprint density at radius 3 is 2.81 bits per heavy atom. The number of nitrogens with one attached hydrogen (secondary N) is 1. The van der Waals surface area contributed by atoms with Crippen molar-refractivity contribution in [3.8, 4) is 11.4 Å². The van der Waals surface area contributed by atoms with Crippen LogP contribution >= 0.6 is 0 Å². The Hall–Kier alpha value is -1.91. The second-order valence-corrected chi connectivity index (χ2v) is 5.69. The fourth-order valence-corrected chi connectivity index (χ4v) is 2.36. The molecule has 0 bridgehead atoms. The summed E-state index contributed by atoms with van der Waals surface area (Å²) < 4.78 is 1.96. The summed E-state index contributed by atoms with van der Waals surface area (Å²) in [5.74, 6) is 2.35. The van der Waals surface area contributed by atoms with Crippen molar-refractivity contribution in [1.82, 2.24) is 19.7 Å². The predicted molar refractivity (Wildman–Crippen MR) is 84.3 cm³/mol. The van der Waals surface area contributed by atoms with E-state index >= 15 is 0 Å². The van der Waals surface area contributed by atoms with Gasteiger partial charge in [-0.1, -0.05) is 13.8 Å². The van der Waals surface area contributed by atoms with Crippen molar-refractivity contribution in [2.75, 3.05) is 11.9 Å². The Morgan fingerprint density at radius 2 is 2.10 bits per heavy atom. The first-order valence-electron chi connectivity index (χ1n) is 7.95. The molecular formula is C16H23N5. The topological polar surface area (TPSA) is 55.6 Å². The summed E-state index contributed by atoms with van der Waals surface area (Å²) in [5, 5.41) is 7.76. The molecule has 1 aliphatic carbocycles. The fourth-order valence-electron chi connectivity index (χ4n) is 2.36. The van der Waals surface area contributed by atoms with E-state index in [9.17, 15) is 0 Å². The second-order valence-electron chi connectivity index (χ2n) is 5.69. The van der Waals surface area contributed by atoms with E-state index in [1.165, 1.54) is 18.5 Å². The van der Waals surface area contributed by atoms with Crippen molar-refractivity contribution < 1.29 is 0 Å². The third-order valence-corrected chi connectivity index (χ3v) is 3.64. The molecule has 0 aliphatic heterocycles. The van der Waals surface area contributed by atoms with Gasteiger partial charge in [0.2, 0.25) is 0 Å². The Labute approximate surface area is 125 Å². The van der Waals surface area contributed by atoms with Gasteiger partial charge >= 0.3 is 0 Å². The maximum Gasteiger partial charge on any atom is 0.164 e. The van der Waals surface area contributed by atoms with Gasteiger partial charge in [-0.25, -0.2) is 9.97 Å². The highest BCUT2D eigenvalue weighted by Crippen LogP contribution is 2.40. The maximum absolute atomic E-state index is 4.74. The minimum atomic E-state index is 0.625. The van der Waals surface area contributed by atoms with E-state index < -0.39 is 0 Å². The van der Waals surface area contributed by atoms with Crippen molar-refractivity contribution >= 4 is 5.82 Å². The molecule has 0 unspecified atom stereocenters. The smallest absolute Gasteiger partial charge is 0.164 e. The quantitative estimate of drug-likeness (QED) is 0.846. The molecule has 5 nitrogen and oxygen atoms in total. The van der Waals surface area contributed by atoms with Gasteiger partial charge in [-0.05, 0) is 25.7 Å². The minimum absolute atomic E-state index is 0.625. The van der Waals surface area contributed by atoms with Crippen molar-refractivity contribution in [2.24, 2.45) is 0 Å². The molecule has 0 atom stereocenters. The van der Waals surface area contributed by atoms with Gasteiger partial charge in [0.1, 0.15) is 5.82 Å². The monoisotopic (exact) mass is 285 g/mol. The van der Waals surface area contributed by atoms with Crippen molar-refractivity contribution in [2.45, 2.75) is 52.0 Å². The largest absolute Gasteiger partial charge is 0.370 e. The van der Waals surface area contributed by atoms with E-state index in [1.54, 1.807) is 0 Å².